The van der Waals surface area contributed by atoms with Crippen LogP contribution in [0.25, 0.3) is 0 Å². The number of nitrogens with zero attached hydrogens (tertiary/aromatic N) is 3. The lowest BCUT2D eigenvalue weighted by atomic mass is 10.2. The molecule has 7 nitrogen and oxygen atoms in total. The van der Waals surface area contributed by atoms with Crippen LogP contribution >= 0.6 is 0 Å². The van der Waals surface area contributed by atoms with Gasteiger partial charge >= 0.3 is 0 Å². The third-order valence-electron chi connectivity index (χ3n) is 5.08. The highest BCUT2D eigenvalue weighted by atomic mass is 19.1. The molecule has 1 aliphatic rings. The Morgan fingerprint density at radius 3 is 2.40 bits per heavy atom. The standard InChI is InChI=1S/C22H36FN5O2/c1-3-4-17-30-18-5-11-25-22(24-2)26-12-10-21(29)28-15-13-27(14-16-28)20-8-6-19(23)7-9-20/h6-9H,3-5,10-18H2,1-2H3,(H2,24,25,26). The van der Waals surface area contributed by atoms with Gasteiger partial charge in [-0.1, -0.05) is 13.3 Å². The van der Waals surface area contributed by atoms with Gasteiger partial charge in [-0.15, -0.1) is 0 Å². The zero-order valence-corrected chi connectivity index (χ0v) is 18.3. The molecule has 1 amide bonds. The first-order chi connectivity index (χ1) is 14.6. The Bertz CT molecular complexity index is 645. The fourth-order valence-electron chi connectivity index (χ4n) is 3.26. The lowest BCUT2D eigenvalue weighted by molar-refractivity contribution is -0.131. The number of carbonyl (C=O) groups is 1. The average molecular weight is 422 g/mol. The normalized spacial score (nSPS) is 14.7. The maximum absolute atomic E-state index is 13.1. The van der Waals surface area contributed by atoms with E-state index in [0.29, 0.717) is 32.0 Å². The van der Waals surface area contributed by atoms with Gasteiger partial charge in [-0.2, -0.15) is 0 Å². The van der Waals surface area contributed by atoms with E-state index in [1.165, 1.54) is 12.1 Å². The van der Waals surface area contributed by atoms with E-state index in [4.69, 9.17) is 4.74 Å². The molecule has 0 aliphatic carbocycles. The first-order valence-corrected chi connectivity index (χ1v) is 10.9. The van der Waals surface area contributed by atoms with Crippen LogP contribution < -0.4 is 15.5 Å². The number of aliphatic imine (C=N–C) groups is 1. The van der Waals surface area contributed by atoms with Gasteiger partial charge in [0.1, 0.15) is 5.82 Å². The first kappa shape index (κ1) is 23.9. The summed E-state index contributed by atoms with van der Waals surface area (Å²) in [6.07, 6.45) is 3.60. The number of nitrogens with one attached hydrogen (secondary N) is 2. The maximum atomic E-state index is 13.1. The van der Waals surface area contributed by atoms with Crippen LogP contribution in [0.3, 0.4) is 0 Å². The fraction of sp³-hybridized carbons (Fsp3) is 0.636. The van der Waals surface area contributed by atoms with Crippen molar-refractivity contribution in [2.24, 2.45) is 4.99 Å². The number of guanidine groups is 1. The fourth-order valence-corrected chi connectivity index (χ4v) is 3.26. The molecule has 1 aliphatic heterocycles. The average Bonchev–Trinajstić information content (AvgIpc) is 2.77. The number of hydrogen-bond donors (Lipinski definition) is 2. The zero-order valence-electron chi connectivity index (χ0n) is 18.3. The monoisotopic (exact) mass is 421 g/mol. The molecule has 0 radical (unpaired) electrons. The van der Waals surface area contributed by atoms with Gasteiger partial charge in [-0.25, -0.2) is 4.39 Å². The number of amides is 1. The summed E-state index contributed by atoms with van der Waals surface area (Å²) in [6, 6.07) is 6.51. The van der Waals surface area contributed by atoms with Crippen LogP contribution in [-0.4, -0.2) is 76.3 Å². The minimum absolute atomic E-state index is 0.140. The maximum Gasteiger partial charge on any atom is 0.224 e. The van der Waals surface area contributed by atoms with E-state index >= 15 is 0 Å². The summed E-state index contributed by atoms with van der Waals surface area (Å²) in [6.45, 7) is 7.93. The molecule has 1 fully saturated rings. The number of anilines is 1. The lowest BCUT2D eigenvalue weighted by Crippen LogP contribution is -2.49. The highest BCUT2D eigenvalue weighted by molar-refractivity contribution is 5.81. The van der Waals surface area contributed by atoms with Gasteiger partial charge in [0.25, 0.3) is 0 Å². The molecular weight excluding hydrogens is 385 g/mol. The van der Waals surface area contributed by atoms with E-state index < -0.39 is 0 Å². The molecule has 1 heterocycles. The van der Waals surface area contributed by atoms with Gasteiger partial charge in [0.15, 0.2) is 5.96 Å². The van der Waals surface area contributed by atoms with Crippen molar-refractivity contribution in [3.63, 3.8) is 0 Å². The smallest absolute Gasteiger partial charge is 0.224 e. The number of ether oxygens (including phenoxy) is 1. The van der Waals surface area contributed by atoms with E-state index in [-0.39, 0.29) is 11.7 Å². The van der Waals surface area contributed by atoms with Crippen LogP contribution in [0, 0.1) is 5.82 Å². The Hall–Kier alpha value is -2.35. The molecule has 0 saturated carbocycles. The van der Waals surface area contributed by atoms with Crippen LogP contribution in [0.4, 0.5) is 10.1 Å². The summed E-state index contributed by atoms with van der Waals surface area (Å²) < 4.78 is 18.6. The molecule has 0 bridgehead atoms. The van der Waals surface area contributed by atoms with E-state index in [1.807, 2.05) is 4.90 Å². The second-order valence-electron chi connectivity index (χ2n) is 7.34. The molecule has 168 valence electrons. The van der Waals surface area contributed by atoms with Gasteiger partial charge < -0.3 is 25.2 Å². The predicted octanol–water partition coefficient (Wildman–Crippen LogP) is 2.24. The molecule has 1 aromatic carbocycles. The van der Waals surface area contributed by atoms with E-state index in [2.05, 4.69) is 27.4 Å². The topological polar surface area (TPSA) is 69.2 Å². The number of halogens is 1. The van der Waals surface area contributed by atoms with Crippen LogP contribution in [0.15, 0.2) is 29.3 Å². The number of benzene rings is 1. The quantitative estimate of drug-likeness (QED) is 0.326. The molecule has 0 atom stereocenters. The van der Waals surface area contributed by atoms with Crippen molar-refractivity contribution in [3.8, 4) is 0 Å². The summed E-state index contributed by atoms with van der Waals surface area (Å²) in [7, 11) is 1.73. The number of hydrogen-bond acceptors (Lipinski definition) is 4. The highest BCUT2D eigenvalue weighted by Gasteiger charge is 2.21. The zero-order chi connectivity index (χ0) is 21.6. The van der Waals surface area contributed by atoms with Crippen molar-refractivity contribution in [1.82, 2.24) is 15.5 Å². The molecule has 2 N–H and O–H groups in total. The number of rotatable bonds is 11. The van der Waals surface area contributed by atoms with Gasteiger partial charge in [-0.05, 0) is 37.1 Å². The highest BCUT2D eigenvalue weighted by Crippen LogP contribution is 2.17. The van der Waals surface area contributed by atoms with Crippen molar-refractivity contribution >= 4 is 17.6 Å². The van der Waals surface area contributed by atoms with Gasteiger partial charge in [0, 0.05) is 71.6 Å². The predicted molar refractivity (Wildman–Crippen MR) is 120 cm³/mol. The Balaban J connectivity index is 1.58. The van der Waals surface area contributed by atoms with Gasteiger partial charge in [0.2, 0.25) is 5.91 Å². The van der Waals surface area contributed by atoms with Crippen molar-refractivity contribution in [2.75, 3.05) is 64.4 Å². The van der Waals surface area contributed by atoms with Crippen molar-refractivity contribution in [2.45, 2.75) is 32.6 Å². The largest absolute Gasteiger partial charge is 0.381 e. The van der Waals surface area contributed by atoms with Crippen molar-refractivity contribution in [1.29, 1.82) is 0 Å². The third-order valence-corrected chi connectivity index (χ3v) is 5.08. The summed E-state index contributed by atoms with van der Waals surface area (Å²) in [5.74, 6) is 0.614. The number of carbonyl (C=O) groups excluding carboxylic acids is 1. The van der Waals surface area contributed by atoms with Gasteiger partial charge in [0.05, 0.1) is 0 Å². The molecule has 0 unspecified atom stereocenters. The van der Waals surface area contributed by atoms with E-state index in [1.54, 1.807) is 19.2 Å². The second-order valence-corrected chi connectivity index (χ2v) is 7.34. The molecule has 1 saturated heterocycles. The molecular formula is C22H36FN5O2. The number of piperazine rings is 1. The lowest BCUT2D eigenvalue weighted by Gasteiger charge is -2.36. The van der Waals surface area contributed by atoms with Crippen LogP contribution in [0.1, 0.15) is 32.6 Å². The summed E-state index contributed by atoms with van der Waals surface area (Å²) >= 11 is 0. The molecule has 2 rings (SSSR count). The minimum Gasteiger partial charge on any atom is -0.381 e. The van der Waals surface area contributed by atoms with Crippen molar-refractivity contribution < 1.29 is 13.9 Å². The van der Waals surface area contributed by atoms with Crippen molar-refractivity contribution in [3.05, 3.63) is 30.1 Å². The Kier molecular flexibility index (Phi) is 11.0. The third kappa shape index (κ3) is 8.57. The Morgan fingerprint density at radius 1 is 1.07 bits per heavy atom. The van der Waals surface area contributed by atoms with Crippen LogP contribution in [-0.2, 0) is 9.53 Å². The summed E-state index contributed by atoms with van der Waals surface area (Å²) in [5, 5.41) is 6.44. The molecule has 0 spiro atoms. The number of unbranched alkanes of at least 4 members (excludes halogenated alkanes) is 1. The van der Waals surface area contributed by atoms with Gasteiger partial charge in [-0.3, -0.25) is 9.79 Å². The van der Waals surface area contributed by atoms with Crippen LogP contribution in [0.5, 0.6) is 0 Å². The van der Waals surface area contributed by atoms with Crippen LogP contribution in [0.2, 0.25) is 0 Å². The Morgan fingerprint density at radius 2 is 1.73 bits per heavy atom. The molecule has 0 aromatic heterocycles. The Labute approximate surface area is 179 Å². The summed E-state index contributed by atoms with van der Waals surface area (Å²) in [5.41, 5.74) is 0.996. The van der Waals surface area contributed by atoms with E-state index in [9.17, 15) is 9.18 Å². The first-order valence-electron chi connectivity index (χ1n) is 10.9. The molecule has 1 aromatic rings. The molecule has 30 heavy (non-hydrogen) atoms. The minimum atomic E-state index is -0.232. The van der Waals surface area contributed by atoms with E-state index in [0.717, 1.165) is 57.8 Å². The molecule has 8 heteroatoms. The second kappa shape index (κ2) is 13.8. The summed E-state index contributed by atoms with van der Waals surface area (Å²) in [4.78, 5) is 20.7. The SMILES string of the molecule is CCCCOCCCNC(=NC)NCCC(=O)N1CCN(c2ccc(F)cc2)CC1.